The summed E-state index contributed by atoms with van der Waals surface area (Å²) in [5.74, 6) is 1.21. The first-order valence-electron chi connectivity index (χ1n) is 9.46. The molecule has 2 aromatic rings. The number of carbonyl (C=O) groups excluding carboxylic acids is 1. The number of alkyl carbamates (subject to hydrolysis) is 1. The molecule has 1 saturated carbocycles. The number of H-pyrrole nitrogens is 1. The third kappa shape index (κ3) is 4.27. The van der Waals surface area contributed by atoms with E-state index < -0.39 is 15.9 Å². The lowest BCUT2D eigenvalue weighted by atomic mass is 10.0. The summed E-state index contributed by atoms with van der Waals surface area (Å²) in [7, 11) is -3.50. The summed E-state index contributed by atoms with van der Waals surface area (Å²) in [6.07, 6.45) is 2.87. The van der Waals surface area contributed by atoms with E-state index in [1.165, 1.54) is 6.07 Å². The standard InChI is InChI=1S/C18H23N5O4S/c24-18-19-8-1-2-9-28(25,26)17-5-3-4-15(21-17)20-16-11-14(22-23-16)12-6-7-13(10-12)27-18/h3-5,11-13H,1-2,6-10H2,(H,19,24)(H2,20,21,22,23)/t12-,13+/m0/s1. The lowest BCUT2D eigenvalue weighted by Crippen LogP contribution is -2.29. The minimum Gasteiger partial charge on any atom is -0.446 e. The number of aromatic amines is 1. The zero-order chi connectivity index (χ0) is 19.6. The second-order valence-corrected chi connectivity index (χ2v) is 9.24. The molecule has 2 aliphatic rings. The van der Waals surface area contributed by atoms with Crippen LogP contribution in [0, 0.1) is 0 Å². The van der Waals surface area contributed by atoms with Crippen molar-refractivity contribution in [2.45, 2.75) is 49.2 Å². The van der Waals surface area contributed by atoms with Crippen molar-refractivity contribution in [3.05, 3.63) is 30.0 Å². The molecule has 10 heteroatoms. The van der Waals surface area contributed by atoms with Gasteiger partial charge >= 0.3 is 6.09 Å². The number of pyridine rings is 1. The number of anilines is 2. The van der Waals surface area contributed by atoms with Crippen molar-refractivity contribution in [3.63, 3.8) is 0 Å². The van der Waals surface area contributed by atoms with Gasteiger partial charge in [-0.15, -0.1) is 0 Å². The first-order chi connectivity index (χ1) is 13.5. The molecule has 28 heavy (non-hydrogen) atoms. The molecule has 2 aromatic heterocycles. The van der Waals surface area contributed by atoms with E-state index in [9.17, 15) is 13.2 Å². The van der Waals surface area contributed by atoms with Crippen LogP contribution in [0.4, 0.5) is 16.4 Å². The highest BCUT2D eigenvalue weighted by molar-refractivity contribution is 7.91. The smallest absolute Gasteiger partial charge is 0.407 e. The van der Waals surface area contributed by atoms with Gasteiger partial charge in [0.1, 0.15) is 11.9 Å². The van der Waals surface area contributed by atoms with Crippen LogP contribution in [-0.4, -0.2) is 48.1 Å². The Hall–Kier alpha value is -2.62. The number of hydrogen-bond donors (Lipinski definition) is 3. The molecule has 6 bridgehead atoms. The molecule has 1 fully saturated rings. The van der Waals surface area contributed by atoms with Gasteiger partial charge < -0.3 is 15.4 Å². The molecule has 9 nitrogen and oxygen atoms in total. The van der Waals surface area contributed by atoms with Crippen molar-refractivity contribution < 1.29 is 17.9 Å². The fraction of sp³-hybridized carbons (Fsp3) is 0.500. The second-order valence-electron chi connectivity index (χ2n) is 7.18. The SMILES string of the molecule is O=C1NCCCCS(=O)(=O)c2cccc(n2)Nc2cc([nH]n2)[C@H]2CC[C@H](C2)O1. The van der Waals surface area contributed by atoms with E-state index in [0.29, 0.717) is 31.0 Å². The second kappa shape index (κ2) is 7.78. The molecule has 3 heterocycles. The highest BCUT2D eigenvalue weighted by Crippen LogP contribution is 2.36. The van der Waals surface area contributed by atoms with E-state index in [4.69, 9.17) is 4.74 Å². The Kier molecular flexibility index (Phi) is 5.21. The van der Waals surface area contributed by atoms with Crippen LogP contribution in [0.25, 0.3) is 0 Å². The number of carbonyl (C=O) groups is 1. The molecule has 150 valence electrons. The molecule has 0 aromatic carbocycles. The Bertz CT molecular complexity index is 958. The summed E-state index contributed by atoms with van der Waals surface area (Å²) >= 11 is 0. The molecule has 1 aliphatic heterocycles. The van der Waals surface area contributed by atoms with Crippen molar-refractivity contribution in [3.8, 4) is 0 Å². The van der Waals surface area contributed by atoms with Gasteiger partial charge in [-0.05, 0) is 44.2 Å². The number of amides is 1. The Balaban J connectivity index is 1.59. The van der Waals surface area contributed by atoms with Gasteiger partial charge in [-0.1, -0.05) is 6.07 Å². The van der Waals surface area contributed by atoms with Crippen LogP contribution in [0.1, 0.15) is 43.7 Å². The lowest BCUT2D eigenvalue weighted by molar-refractivity contribution is 0.100. The Labute approximate surface area is 163 Å². The highest BCUT2D eigenvalue weighted by atomic mass is 32.2. The number of fused-ring (bicyclic) bond motifs is 7. The molecule has 0 spiro atoms. The van der Waals surface area contributed by atoms with Crippen LogP contribution >= 0.6 is 0 Å². The minimum absolute atomic E-state index is 0.0281. The molecule has 0 saturated heterocycles. The molecule has 4 rings (SSSR count). The topological polar surface area (TPSA) is 126 Å². The Morgan fingerprint density at radius 2 is 2.04 bits per heavy atom. The maximum absolute atomic E-state index is 12.5. The minimum atomic E-state index is -3.50. The fourth-order valence-corrected chi connectivity index (χ4v) is 4.95. The van der Waals surface area contributed by atoms with Gasteiger partial charge in [0.25, 0.3) is 0 Å². The number of ether oxygens (including phenoxy) is 1. The molecule has 2 atom stereocenters. The van der Waals surface area contributed by atoms with Crippen LogP contribution in [0.5, 0.6) is 0 Å². The van der Waals surface area contributed by atoms with Crippen molar-refractivity contribution in [1.82, 2.24) is 20.5 Å². The monoisotopic (exact) mass is 405 g/mol. The summed E-state index contributed by atoms with van der Waals surface area (Å²) in [4.78, 5) is 16.2. The number of rotatable bonds is 0. The van der Waals surface area contributed by atoms with E-state index >= 15 is 0 Å². The van der Waals surface area contributed by atoms with E-state index in [0.717, 1.165) is 25.0 Å². The maximum atomic E-state index is 12.5. The molecular formula is C18H23N5O4S. The van der Waals surface area contributed by atoms with Crippen LogP contribution < -0.4 is 10.6 Å². The summed E-state index contributed by atoms with van der Waals surface area (Å²) in [6, 6.07) is 6.75. The number of nitrogens with zero attached hydrogens (tertiary/aromatic N) is 2. The van der Waals surface area contributed by atoms with Gasteiger partial charge in [0.05, 0.1) is 5.75 Å². The number of aromatic nitrogens is 3. The van der Waals surface area contributed by atoms with Crippen LogP contribution in [0.15, 0.2) is 29.3 Å². The molecule has 1 amide bonds. The number of sulfone groups is 1. The van der Waals surface area contributed by atoms with Crippen LogP contribution in [0.3, 0.4) is 0 Å². The van der Waals surface area contributed by atoms with Crippen LogP contribution in [0.2, 0.25) is 0 Å². The summed E-state index contributed by atoms with van der Waals surface area (Å²) in [6.45, 7) is 0.378. The zero-order valence-electron chi connectivity index (χ0n) is 15.3. The normalized spacial score (nSPS) is 24.9. The van der Waals surface area contributed by atoms with Gasteiger partial charge in [-0.2, -0.15) is 5.10 Å². The van der Waals surface area contributed by atoms with E-state index in [-0.39, 0.29) is 22.8 Å². The van der Waals surface area contributed by atoms with Gasteiger partial charge in [-0.25, -0.2) is 18.2 Å². The third-order valence-corrected chi connectivity index (χ3v) is 6.79. The summed E-state index contributed by atoms with van der Waals surface area (Å²) in [5.41, 5.74) is 0.957. The summed E-state index contributed by atoms with van der Waals surface area (Å²) in [5, 5.41) is 13.1. The summed E-state index contributed by atoms with van der Waals surface area (Å²) < 4.78 is 30.5. The van der Waals surface area contributed by atoms with Crippen LogP contribution in [-0.2, 0) is 14.6 Å². The Morgan fingerprint density at radius 3 is 2.93 bits per heavy atom. The van der Waals surface area contributed by atoms with Gasteiger partial charge in [0, 0.05) is 24.2 Å². The predicted octanol–water partition coefficient (Wildman–Crippen LogP) is 2.48. The van der Waals surface area contributed by atoms with Gasteiger partial charge in [0.15, 0.2) is 20.7 Å². The van der Waals surface area contributed by atoms with Gasteiger partial charge in [0.2, 0.25) is 0 Å². The molecular weight excluding hydrogens is 382 g/mol. The first kappa shape index (κ1) is 18.7. The predicted molar refractivity (Wildman–Crippen MR) is 102 cm³/mol. The van der Waals surface area contributed by atoms with E-state index in [1.54, 1.807) is 12.1 Å². The number of hydrogen-bond acceptors (Lipinski definition) is 7. The van der Waals surface area contributed by atoms with Crippen molar-refractivity contribution in [2.75, 3.05) is 17.6 Å². The molecule has 1 aliphatic carbocycles. The maximum Gasteiger partial charge on any atom is 0.407 e. The molecule has 0 unspecified atom stereocenters. The Morgan fingerprint density at radius 1 is 1.14 bits per heavy atom. The van der Waals surface area contributed by atoms with E-state index in [1.807, 2.05) is 6.07 Å². The third-order valence-electron chi connectivity index (χ3n) is 5.10. The fourth-order valence-electron chi connectivity index (χ4n) is 3.63. The molecule has 0 radical (unpaired) electrons. The van der Waals surface area contributed by atoms with Gasteiger partial charge in [-0.3, -0.25) is 5.10 Å². The highest BCUT2D eigenvalue weighted by Gasteiger charge is 2.30. The average Bonchev–Trinajstić information content (AvgIpc) is 3.30. The molecule has 3 N–H and O–H groups in total. The quantitative estimate of drug-likeness (QED) is 0.614. The zero-order valence-corrected chi connectivity index (χ0v) is 16.2. The van der Waals surface area contributed by atoms with E-state index in [2.05, 4.69) is 25.8 Å². The number of nitrogens with one attached hydrogen (secondary N) is 3. The van der Waals surface area contributed by atoms with Crippen molar-refractivity contribution in [1.29, 1.82) is 0 Å². The van der Waals surface area contributed by atoms with Crippen molar-refractivity contribution in [2.24, 2.45) is 0 Å². The lowest BCUT2D eigenvalue weighted by Gasteiger charge is -2.13. The first-order valence-corrected chi connectivity index (χ1v) is 11.1. The largest absolute Gasteiger partial charge is 0.446 e. The average molecular weight is 405 g/mol. The van der Waals surface area contributed by atoms with Crippen molar-refractivity contribution >= 4 is 27.6 Å².